The Morgan fingerprint density at radius 3 is 2.17 bits per heavy atom. The van der Waals surface area contributed by atoms with Crippen LogP contribution in [-0.2, 0) is 12.7 Å². The summed E-state index contributed by atoms with van der Waals surface area (Å²) < 4.78 is 39.6. The van der Waals surface area contributed by atoms with E-state index in [4.69, 9.17) is 0 Å². The molecule has 0 spiro atoms. The van der Waals surface area contributed by atoms with Crippen molar-refractivity contribution in [2.45, 2.75) is 12.7 Å². The summed E-state index contributed by atoms with van der Waals surface area (Å²) in [6, 6.07) is 15.4. The van der Waals surface area contributed by atoms with Crippen molar-refractivity contribution in [2.24, 2.45) is 0 Å². The lowest BCUT2D eigenvalue weighted by Crippen LogP contribution is -2.42. The molecular formula is C21H16F3N3O3. The Labute approximate surface area is 168 Å². The Morgan fingerprint density at radius 2 is 1.50 bits per heavy atom. The lowest BCUT2D eigenvalue weighted by atomic mass is 10.1. The summed E-state index contributed by atoms with van der Waals surface area (Å²) >= 11 is 0. The van der Waals surface area contributed by atoms with Crippen LogP contribution in [0.2, 0.25) is 0 Å². The summed E-state index contributed by atoms with van der Waals surface area (Å²) in [4.78, 5) is 36.4. The van der Waals surface area contributed by atoms with E-state index in [1.165, 1.54) is 29.0 Å². The summed E-state index contributed by atoms with van der Waals surface area (Å²) in [7, 11) is 0. The van der Waals surface area contributed by atoms with Crippen molar-refractivity contribution in [1.82, 2.24) is 15.4 Å². The molecular weight excluding hydrogens is 399 g/mol. The van der Waals surface area contributed by atoms with Gasteiger partial charge in [-0.3, -0.25) is 25.2 Å². The molecule has 0 atom stereocenters. The number of hydrogen-bond donors (Lipinski definition) is 2. The zero-order valence-electron chi connectivity index (χ0n) is 15.4. The lowest BCUT2D eigenvalue weighted by Gasteiger charge is -2.11. The molecule has 0 saturated heterocycles. The van der Waals surface area contributed by atoms with Crippen molar-refractivity contribution < 1.29 is 22.8 Å². The van der Waals surface area contributed by atoms with Gasteiger partial charge < -0.3 is 4.57 Å². The molecule has 3 rings (SSSR count). The minimum absolute atomic E-state index is 0.0925. The zero-order chi connectivity index (χ0) is 21.7. The molecule has 30 heavy (non-hydrogen) atoms. The van der Waals surface area contributed by atoms with Gasteiger partial charge in [0.2, 0.25) is 0 Å². The van der Waals surface area contributed by atoms with Gasteiger partial charge in [-0.25, -0.2) is 0 Å². The number of alkyl halides is 3. The topological polar surface area (TPSA) is 80.2 Å². The number of nitrogens with zero attached hydrogens (tertiary/aromatic N) is 1. The second-order valence-corrected chi connectivity index (χ2v) is 6.36. The Kier molecular flexibility index (Phi) is 6.01. The van der Waals surface area contributed by atoms with E-state index >= 15 is 0 Å². The van der Waals surface area contributed by atoms with Gasteiger partial charge in [-0.1, -0.05) is 36.4 Å². The van der Waals surface area contributed by atoms with E-state index in [1.54, 1.807) is 0 Å². The molecule has 0 aliphatic rings. The van der Waals surface area contributed by atoms with Crippen molar-refractivity contribution >= 4 is 11.8 Å². The monoisotopic (exact) mass is 415 g/mol. The third-order valence-electron chi connectivity index (χ3n) is 4.18. The van der Waals surface area contributed by atoms with Crippen LogP contribution in [0.5, 0.6) is 0 Å². The van der Waals surface area contributed by atoms with Crippen LogP contribution >= 0.6 is 0 Å². The number of halogens is 3. The quantitative estimate of drug-likeness (QED) is 0.643. The standard InChI is InChI=1S/C21H16F3N3O3/c22-21(23,24)17-8-4-7-15(11-17)19(29)25-26-20(30)16-9-10-18(28)27(13-16)12-14-5-2-1-3-6-14/h1-11,13H,12H2,(H,25,29)(H,26,30). The third kappa shape index (κ3) is 5.13. The van der Waals surface area contributed by atoms with Gasteiger partial charge in [0.05, 0.1) is 17.7 Å². The molecule has 1 aromatic heterocycles. The van der Waals surface area contributed by atoms with Crippen molar-refractivity contribution in [2.75, 3.05) is 0 Å². The summed E-state index contributed by atoms with van der Waals surface area (Å²) in [6.07, 6.45) is -3.26. The van der Waals surface area contributed by atoms with Crippen molar-refractivity contribution in [3.63, 3.8) is 0 Å². The fraction of sp³-hybridized carbons (Fsp3) is 0.0952. The van der Waals surface area contributed by atoms with E-state index in [2.05, 4.69) is 10.9 Å². The van der Waals surface area contributed by atoms with Crippen molar-refractivity contribution in [1.29, 1.82) is 0 Å². The van der Waals surface area contributed by atoms with Crippen LogP contribution < -0.4 is 16.4 Å². The summed E-state index contributed by atoms with van der Waals surface area (Å²) in [5.41, 5.74) is 3.59. The maximum atomic E-state index is 12.8. The Bertz CT molecular complexity index is 1130. The Morgan fingerprint density at radius 1 is 0.833 bits per heavy atom. The second kappa shape index (κ2) is 8.64. The molecule has 2 N–H and O–H groups in total. The molecule has 0 bridgehead atoms. The van der Waals surface area contributed by atoms with Crippen molar-refractivity contribution in [3.8, 4) is 0 Å². The van der Waals surface area contributed by atoms with E-state index in [0.29, 0.717) is 6.07 Å². The summed E-state index contributed by atoms with van der Waals surface area (Å²) in [5, 5.41) is 0. The highest BCUT2D eigenvalue weighted by Crippen LogP contribution is 2.29. The lowest BCUT2D eigenvalue weighted by molar-refractivity contribution is -0.137. The number of pyridine rings is 1. The fourth-order valence-corrected chi connectivity index (χ4v) is 2.66. The molecule has 2 amide bonds. The smallest absolute Gasteiger partial charge is 0.310 e. The highest BCUT2D eigenvalue weighted by atomic mass is 19.4. The third-order valence-corrected chi connectivity index (χ3v) is 4.18. The number of rotatable bonds is 4. The van der Waals surface area contributed by atoms with Crippen LogP contribution in [0, 0.1) is 0 Å². The highest BCUT2D eigenvalue weighted by molar-refractivity contribution is 5.99. The summed E-state index contributed by atoms with van der Waals surface area (Å²) in [6.45, 7) is 0.247. The van der Waals surface area contributed by atoms with Crippen LogP contribution in [0.1, 0.15) is 31.8 Å². The first-order valence-electron chi connectivity index (χ1n) is 8.76. The number of amides is 2. The van der Waals surface area contributed by atoms with E-state index in [0.717, 1.165) is 17.7 Å². The first-order chi connectivity index (χ1) is 14.2. The highest BCUT2D eigenvalue weighted by Gasteiger charge is 2.30. The number of aromatic nitrogens is 1. The number of carbonyl (C=O) groups is 2. The molecule has 0 saturated carbocycles. The van der Waals surface area contributed by atoms with E-state index < -0.39 is 23.6 Å². The Hall–Kier alpha value is -3.88. The van der Waals surface area contributed by atoms with Crippen LogP contribution in [0.4, 0.5) is 13.2 Å². The molecule has 154 valence electrons. The minimum Gasteiger partial charge on any atom is -0.310 e. The van der Waals surface area contributed by atoms with Gasteiger partial charge in [-0.2, -0.15) is 13.2 Å². The van der Waals surface area contributed by atoms with Gasteiger partial charge >= 0.3 is 6.18 Å². The molecule has 2 aromatic carbocycles. The maximum Gasteiger partial charge on any atom is 0.416 e. The summed E-state index contributed by atoms with van der Waals surface area (Å²) in [5.74, 6) is -1.64. The van der Waals surface area contributed by atoms with Gasteiger partial charge in [0.25, 0.3) is 17.4 Å². The van der Waals surface area contributed by atoms with Gasteiger partial charge in [0, 0.05) is 17.8 Å². The number of hydrazine groups is 1. The number of benzene rings is 2. The normalized spacial score (nSPS) is 11.0. The molecule has 0 aliphatic carbocycles. The van der Waals surface area contributed by atoms with E-state index in [1.807, 2.05) is 30.3 Å². The molecule has 6 nitrogen and oxygen atoms in total. The predicted octanol–water partition coefficient (Wildman–Crippen LogP) is 2.99. The number of nitrogens with one attached hydrogen (secondary N) is 2. The largest absolute Gasteiger partial charge is 0.416 e. The second-order valence-electron chi connectivity index (χ2n) is 6.36. The minimum atomic E-state index is -4.59. The van der Waals surface area contributed by atoms with Gasteiger partial charge in [-0.15, -0.1) is 0 Å². The number of hydrogen-bond acceptors (Lipinski definition) is 3. The molecule has 0 fully saturated rings. The molecule has 9 heteroatoms. The molecule has 0 aliphatic heterocycles. The first-order valence-corrected chi connectivity index (χ1v) is 8.76. The average Bonchev–Trinajstić information content (AvgIpc) is 2.73. The maximum absolute atomic E-state index is 12.8. The average molecular weight is 415 g/mol. The van der Waals surface area contributed by atoms with Gasteiger partial charge in [-0.05, 0) is 29.8 Å². The van der Waals surface area contributed by atoms with Crippen LogP contribution in [0.3, 0.4) is 0 Å². The fourth-order valence-electron chi connectivity index (χ4n) is 2.66. The van der Waals surface area contributed by atoms with Gasteiger partial charge in [0.1, 0.15) is 0 Å². The molecule has 3 aromatic rings. The molecule has 0 radical (unpaired) electrons. The van der Waals surface area contributed by atoms with Crippen LogP contribution in [0.25, 0.3) is 0 Å². The number of carbonyl (C=O) groups excluding carboxylic acids is 2. The van der Waals surface area contributed by atoms with Crippen LogP contribution in [-0.4, -0.2) is 16.4 Å². The SMILES string of the molecule is O=C(NNC(=O)c1ccc(=O)n(Cc2ccccc2)c1)c1cccc(C(F)(F)F)c1. The molecule has 0 unspecified atom stereocenters. The van der Waals surface area contributed by atoms with Crippen molar-refractivity contribution in [3.05, 3.63) is 106 Å². The first kappa shape index (κ1) is 20.8. The molecule has 1 heterocycles. The predicted molar refractivity (Wildman–Crippen MR) is 103 cm³/mol. The van der Waals surface area contributed by atoms with E-state index in [9.17, 15) is 27.6 Å². The van der Waals surface area contributed by atoms with Gasteiger partial charge in [0.15, 0.2) is 0 Å². The zero-order valence-corrected chi connectivity index (χ0v) is 15.4. The Balaban J connectivity index is 1.68. The van der Waals surface area contributed by atoms with Crippen LogP contribution in [0.15, 0.2) is 77.7 Å². The van der Waals surface area contributed by atoms with E-state index in [-0.39, 0.29) is 23.2 Å².